The average Bonchev–Trinajstić information content (AvgIpc) is 2.91. The molecule has 0 aliphatic rings. The van der Waals surface area contributed by atoms with Gasteiger partial charge in [0.05, 0.1) is 0 Å². The lowest BCUT2D eigenvalue weighted by atomic mass is 10.1. The molecule has 0 aliphatic carbocycles. The first-order chi connectivity index (χ1) is 22.8. The number of amides is 5. The third-order valence-electron chi connectivity index (χ3n) is 6.28. The zero-order valence-corrected chi connectivity index (χ0v) is 33.1. The van der Waals surface area contributed by atoms with E-state index < -0.39 is 52.8 Å². The Bertz CT molecular complexity index is 1060. The Morgan fingerprint density at radius 1 is 0.520 bits per heavy atom. The molecule has 0 aliphatic heterocycles. The molecular formula is C35H68N6O9. The summed E-state index contributed by atoms with van der Waals surface area (Å²) in [5.41, 5.74) is -2.85. The van der Waals surface area contributed by atoms with Crippen LogP contribution in [0.5, 0.6) is 0 Å². The van der Waals surface area contributed by atoms with Crippen molar-refractivity contribution in [3.05, 3.63) is 0 Å². The van der Waals surface area contributed by atoms with E-state index >= 15 is 0 Å². The number of rotatable bonds is 18. The van der Waals surface area contributed by atoms with E-state index in [1.807, 2.05) is 7.05 Å². The van der Waals surface area contributed by atoms with Gasteiger partial charge in [0, 0.05) is 39.3 Å². The highest BCUT2D eigenvalue weighted by molar-refractivity contribution is 5.85. The average molecular weight is 717 g/mol. The molecule has 1 unspecified atom stereocenters. The Morgan fingerprint density at radius 3 is 1.40 bits per heavy atom. The van der Waals surface area contributed by atoms with Crippen LogP contribution in [0.4, 0.5) is 19.2 Å². The molecule has 0 spiro atoms. The van der Waals surface area contributed by atoms with E-state index in [1.165, 1.54) is 9.80 Å². The molecule has 0 rings (SSSR count). The van der Waals surface area contributed by atoms with Crippen LogP contribution in [0.15, 0.2) is 0 Å². The van der Waals surface area contributed by atoms with E-state index in [0.717, 1.165) is 0 Å². The molecule has 15 nitrogen and oxygen atoms in total. The van der Waals surface area contributed by atoms with E-state index in [4.69, 9.17) is 18.9 Å². The second-order valence-electron chi connectivity index (χ2n) is 16.1. The van der Waals surface area contributed by atoms with Gasteiger partial charge in [0.25, 0.3) is 0 Å². The first-order valence-corrected chi connectivity index (χ1v) is 17.7. The molecule has 0 aromatic heterocycles. The summed E-state index contributed by atoms with van der Waals surface area (Å²) in [5.74, 6) is -0.350. The molecule has 15 heteroatoms. The summed E-state index contributed by atoms with van der Waals surface area (Å²) < 4.78 is 21.9. The van der Waals surface area contributed by atoms with Crippen molar-refractivity contribution in [1.82, 2.24) is 31.1 Å². The van der Waals surface area contributed by atoms with Gasteiger partial charge < -0.3 is 45.1 Å². The van der Waals surface area contributed by atoms with E-state index in [9.17, 15) is 24.0 Å². The van der Waals surface area contributed by atoms with E-state index in [2.05, 4.69) is 21.3 Å². The fourth-order valence-corrected chi connectivity index (χ4v) is 4.34. The van der Waals surface area contributed by atoms with Crippen molar-refractivity contribution in [1.29, 1.82) is 0 Å². The van der Waals surface area contributed by atoms with Crippen LogP contribution in [0.25, 0.3) is 0 Å². The molecule has 0 aromatic carbocycles. The zero-order valence-electron chi connectivity index (χ0n) is 33.1. The molecule has 0 radical (unpaired) electrons. The SMILES string of the molecule is CNCCCNC(=O)C(CCCN(CCCNC(=O)OC(C)(C)C)C(=O)OC(C)(C)C)N(CCCNC(=O)OC(C)(C)C)C(=O)OC(C)(C)C. The Kier molecular flexibility index (Phi) is 20.2. The van der Waals surface area contributed by atoms with E-state index in [0.29, 0.717) is 38.8 Å². The molecule has 0 bridgehead atoms. The molecule has 0 heterocycles. The smallest absolute Gasteiger partial charge is 0.410 e. The number of hydrogen-bond acceptors (Lipinski definition) is 10. The molecule has 50 heavy (non-hydrogen) atoms. The summed E-state index contributed by atoms with van der Waals surface area (Å²) >= 11 is 0. The number of hydrogen-bond donors (Lipinski definition) is 4. The third-order valence-corrected chi connectivity index (χ3v) is 6.28. The number of carbonyl (C=O) groups is 5. The topological polar surface area (TPSA) is 177 Å². The van der Waals surface area contributed by atoms with Gasteiger partial charge in [-0.2, -0.15) is 0 Å². The van der Waals surface area contributed by atoms with Gasteiger partial charge in [-0.1, -0.05) is 0 Å². The zero-order chi connectivity index (χ0) is 38.8. The van der Waals surface area contributed by atoms with Gasteiger partial charge in [0.15, 0.2) is 0 Å². The highest BCUT2D eigenvalue weighted by atomic mass is 16.6. The molecule has 0 saturated heterocycles. The first kappa shape index (κ1) is 46.5. The standard InChI is InChI=1S/C35H68N6O9/c1-32(2,3)47-28(43)38-21-16-24-40(30(45)49-34(7,8)9)23-14-18-26(27(42)37-20-15-19-36-13)41(31(46)50-35(10,11)12)25-17-22-39-29(44)48-33(4,5)6/h26,36H,14-25H2,1-13H3,(H,37,42)(H,38,43)(H,39,44). The van der Waals surface area contributed by atoms with Crippen LogP contribution in [0.2, 0.25) is 0 Å². The van der Waals surface area contributed by atoms with Gasteiger partial charge in [0.1, 0.15) is 28.4 Å². The fourth-order valence-electron chi connectivity index (χ4n) is 4.34. The van der Waals surface area contributed by atoms with Crippen LogP contribution in [0.3, 0.4) is 0 Å². The molecule has 1 atom stereocenters. The van der Waals surface area contributed by atoms with Crippen molar-refractivity contribution in [2.24, 2.45) is 0 Å². The first-order valence-electron chi connectivity index (χ1n) is 17.7. The normalized spacial score (nSPS) is 12.7. The van der Waals surface area contributed by atoms with Gasteiger partial charge in [-0.25, -0.2) is 19.2 Å². The minimum atomic E-state index is -0.921. The number of carbonyl (C=O) groups excluding carboxylic acids is 5. The summed E-state index contributed by atoms with van der Waals surface area (Å²) in [6, 6.07) is -0.921. The van der Waals surface area contributed by atoms with Crippen molar-refractivity contribution in [2.75, 3.05) is 52.9 Å². The molecule has 292 valence electrons. The maximum atomic E-state index is 13.7. The van der Waals surface area contributed by atoms with Crippen LogP contribution < -0.4 is 21.3 Å². The second-order valence-corrected chi connectivity index (χ2v) is 16.1. The van der Waals surface area contributed by atoms with Crippen molar-refractivity contribution in [3.8, 4) is 0 Å². The number of nitrogens with one attached hydrogen (secondary N) is 4. The van der Waals surface area contributed by atoms with Gasteiger partial charge in [-0.3, -0.25) is 9.69 Å². The highest BCUT2D eigenvalue weighted by Crippen LogP contribution is 2.18. The van der Waals surface area contributed by atoms with Gasteiger partial charge in [0.2, 0.25) is 5.91 Å². The van der Waals surface area contributed by atoms with E-state index in [1.54, 1.807) is 83.1 Å². The summed E-state index contributed by atoms with van der Waals surface area (Å²) in [5, 5.41) is 11.4. The lowest BCUT2D eigenvalue weighted by Gasteiger charge is -2.33. The second kappa shape index (κ2) is 21.7. The van der Waals surface area contributed by atoms with Crippen molar-refractivity contribution >= 4 is 30.3 Å². The molecule has 4 N–H and O–H groups in total. The lowest BCUT2D eigenvalue weighted by molar-refractivity contribution is -0.126. The monoisotopic (exact) mass is 717 g/mol. The van der Waals surface area contributed by atoms with Crippen LogP contribution in [-0.4, -0.2) is 121 Å². The quantitative estimate of drug-likeness (QED) is 0.109. The molecular weight excluding hydrogens is 648 g/mol. The Labute approximate surface area is 300 Å². The van der Waals surface area contributed by atoms with Crippen molar-refractivity contribution in [2.45, 2.75) is 144 Å². The Morgan fingerprint density at radius 2 is 0.940 bits per heavy atom. The van der Waals surface area contributed by atoms with Crippen LogP contribution in [0.1, 0.15) is 115 Å². The molecule has 0 fully saturated rings. The number of nitrogens with zero attached hydrogens (tertiary/aromatic N) is 2. The minimum absolute atomic E-state index is 0.116. The Hall–Kier alpha value is -3.49. The number of alkyl carbamates (subject to hydrolysis) is 2. The fraction of sp³-hybridized carbons (Fsp3) is 0.857. The Balaban J connectivity index is 5.96. The van der Waals surface area contributed by atoms with Crippen LogP contribution >= 0.6 is 0 Å². The van der Waals surface area contributed by atoms with Crippen LogP contribution in [-0.2, 0) is 23.7 Å². The van der Waals surface area contributed by atoms with Crippen molar-refractivity contribution in [3.63, 3.8) is 0 Å². The van der Waals surface area contributed by atoms with Gasteiger partial charge in [-0.15, -0.1) is 0 Å². The minimum Gasteiger partial charge on any atom is -0.444 e. The largest absolute Gasteiger partial charge is 0.444 e. The summed E-state index contributed by atoms with van der Waals surface area (Å²) in [4.78, 5) is 67.6. The summed E-state index contributed by atoms with van der Waals surface area (Å²) in [7, 11) is 1.82. The summed E-state index contributed by atoms with van der Waals surface area (Å²) in [6.07, 6.45) is -0.307. The van der Waals surface area contributed by atoms with Crippen LogP contribution in [0, 0.1) is 0 Å². The van der Waals surface area contributed by atoms with Gasteiger partial charge in [-0.05, 0) is 129 Å². The lowest BCUT2D eigenvalue weighted by Crippen LogP contribution is -2.52. The maximum Gasteiger partial charge on any atom is 0.410 e. The van der Waals surface area contributed by atoms with E-state index in [-0.39, 0.29) is 45.1 Å². The molecule has 0 aromatic rings. The number of ether oxygens (including phenoxy) is 4. The predicted octanol–water partition coefficient (Wildman–Crippen LogP) is 5.16. The highest BCUT2D eigenvalue weighted by Gasteiger charge is 2.33. The molecule has 0 saturated carbocycles. The predicted molar refractivity (Wildman–Crippen MR) is 193 cm³/mol. The third kappa shape index (κ3) is 24.6. The summed E-state index contributed by atoms with van der Waals surface area (Å²) in [6.45, 7) is 23.4. The van der Waals surface area contributed by atoms with Gasteiger partial charge >= 0.3 is 24.4 Å². The molecule has 5 amide bonds. The maximum absolute atomic E-state index is 13.7. The van der Waals surface area contributed by atoms with Crippen molar-refractivity contribution < 1.29 is 42.9 Å².